The molecule has 172 valence electrons. The molecule has 0 spiro atoms. The first-order chi connectivity index (χ1) is 15.9. The molecule has 0 bridgehead atoms. The van der Waals surface area contributed by atoms with E-state index in [1.807, 2.05) is 13.0 Å². The van der Waals surface area contributed by atoms with Crippen molar-refractivity contribution in [3.05, 3.63) is 75.2 Å². The van der Waals surface area contributed by atoms with Gasteiger partial charge in [-0.3, -0.25) is 4.79 Å². The highest BCUT2D eigenvalue weighted by atomic mass is 35.5. The number of nitrogens with one attached hydrogen (secondary N) is 2. The van der Waals surface area contributed by atoms with Crippen LogP contribution in [0.4, 0.5) is 11.6 Å². The number of carbonyl (C=O) groups is 1. The van der Waals surface area contributed by atoms with Gasteiger partial charge in [-0.15, -0.1) is 0 Å². The minimum Gasteiger partial charge on any atom is -0.497 e. The maximum atomic E-state index is 13.5. The Labute approximate surface area is 201 Å². The van der Waals surface area contributed by atoms with Crippen LogP contribution in [0.3, 0.4) is 0 Å². The van der Waals surface area contributed by atoms with E-state index >= 15 is 0 Å². The van der Waals surface area contributed by atoms with E-state index in [-0.39, 0.29) is 12.5 Å². The van der Waals surface area contributed by atoms with Crippen molar-refractivity contribution in [1.29, 1.82) is 0 Å². The third-order valence-corrected chi connectivity index (χ3v) is 6.05. The number of allylic oxidation sites excluding steroid dienone is 1. The van der Waals surface area contributed by atoms with Crippen LogP contribution in [0.15, 0.2) is 53.7 Å². The maximum absolute atomic E-state index is 13.5. The maximum Gasteiger partial charge on any atom is 0.255 e. The Balaban J connectivity index is 1.74. The molecule has 2 heterocycles. The normalized spacial score (nSPS) is 15.1. The number of aliphatic hydroxyl groups is 1. The Morgan fingerprint density at radius 3 is 2.64 bits per heavy atom. The van der Waals surface area contributed by atoms with Gasteiger partial charge in [0, 0.05) is 24.4 Å². The molecular weight excluding hydrogens is 465 g/mol. The average molecular weight is 488 g/mol. The van der Waals surface area contributed by atoms with Crippen molar-refractivity contribution in [2.45, 2.75) is 25.8 Å². The summed E-state index contributed by atoms with van der Waals surface area (Å²) in [6, 6.07) is 11.7. The lowest BCUT2D eigenvalue weighted by atomic mass is 9.95. The molecule has 0 fully saturated rings. The molecule has 8 nitrogen and oxygen atoms in total. The summed E-state index contributed by atoms with van der Waals surface area (Å²) in [5.41, 5.74) is 2.48. The summed E-state index contributed by atoms with van der Waals surface area (Å²) in [7, 11) is 1.59. The molecule has 1 aromatic heterocycles. The number of ether oxygens (including phenoxy) is 1. The van der Waals surface area contributed by atoms with Gasteiger partial charge in [0.25, 0.3) is 5.91 Å². The molecule has 10 heteroatoms. The summed E-state index contributed by atoms with van der Waals surface area (Å²) in [4.78, 5) is 18.0. The van der Waals surface area contributed by atoms with Crippen LogP contribution in [0.2, 0.25) is 10.0 Å². The Morgan fingerprint density at radius 2 is 1.97 bits per heavy atom. The number of hydrogen-bond donors (Lipinski definition) is 3. The van der Waals surface area contributed by atoms with Crippen molar-refractivity contribution in [2.24, 2.45) is 0 Å². The summed E-state index contributed by atoms with van der Waals surface area (Å²) in [5.74, 6) is 1.48. The number of nitrogens with zero attached hydrogens (tertiary/aromatic N) is 3. The van der Waals surface area contributed by atoms with E-state index in [2.05, 4.69) is 20.7 Å². The van der Waals surface area contributed by atoms with Gasteiger partial charge < -0.3 is 20.5 Å². The van der Waals surface area contributed by atoms with E-state index in [9.17, 15) is 9.90 Å². The largest absolute Gasteiger partial charge is 0.497 e. The topological polar surface area (TPSA) is 101 Å². The van der Waals surface area contributed by atoms with Crippen molar-refractivity contribution in [3.8, 4) is 5.75 Å². The van der Waals surface area contributed by atoms with Crippen LogP contribution in [0, 0.1) is 0 Å². The molecule has 3 aromatic rings. The number of aryl methyl sites for hydroxylation is 1. The molecular formula is C23H23Cl2N5O3. The quantitative estimate of drug-likeness (QED) is 0.455. The Kier molecular flexibility index (Phi) is 6.88. The monoisotopic (exact) mass is 487 g/mol. The second-order valence-electron chi connectivity index (χ2n) is 7.55. The first-order valence-corrected chi connectivity index (χ1v) is 11.1. The number of rotatable bonds is 7. The molecule has 1 atom stereocenters. The van der Waals surface area contributed by atoms with Crippen molar-refractivity contribution in [1.82, 2.24) is 14.8 Å². The molecule has 1 amide bonds. The van der Waals surface area contributed by atoms with E-state index in [1.165, 1.54) is 0 Å². The minimum absolute atomic E-state index is 0.0420. The number of amides is 1. The molecule has 33 heavy (non-hydrogen) atoms. The van der Waals surface area contributed by atoms with Gasteiger partial charge in [-0.25, -0.2) is 4.68 Å². The lowest BCUT2D eigenvalue weighted by Crippen LogP contribution is -2.31. The molecule has 0 aliphatic carbocycles. The number of benzene rings is 2. The van der Waals surface area contributed by atoms with Crippen molar-refractivity contribution in [3.63, 3.8) is 0 Å². The third-order valence-electron chi connectivity index (χ3n) is 5.31. The average Bonchev–Trinajstić information content (AvgIpc) is 3.21. The third kappa shape index (κ3) is 4.83. The lowest BCUT2D eigenvalue weighted by molar-refractivity contribution is -0.113. The Bertz CT molecular complexity index is 1210. The van der Waals surface area contributed by atoms with E-state index in [0.29, 0.717) is 57.4 Å². The van der Waals surface area contributed by atoms with Crippen LogP contribution in [0.1, 0.15) is 30.8 Å². The Hall–Kier alpha value is -3.07. The van der Waals surface area contributed by atoms with Gasteiger partial charge in [-0.1, -0.05) is 29.3 Å². The number of aliphatic hydroxyl groups excluding tert-OH is 1. The first-order valence-electron chi connectivity index (χ1n) is 10.4. The molecule has 0 unspecified atom stereocenters. The molecule has 0 radical (unpaired) electrons. The smallest absolute Gasteiger partial charge is 0.255 e. The molecule has 1 aliphatic heterocycles. The predicted molar refractivity (Wildman–Crippen MR) is 128 cm³/mol. The summed E-state index contributed by atoms with van der Waals surface area (Å²) < 4.78 is 6.85. The first kappa shape index (κ1) is 23.1. The van der Waals surface area contributed by atoms with Gasteiger partial charge >= 0.3 is 0 Å². The molecule has 0 saturated heterocycles. The van der Waals surface area contributed by atoms with E-state index in [1.54, 1.807) is 48.2 Å². The number of hydrogen-bond acceptors (Lipinski definition) is 6. The number of aromatic nitrogens is 3. The van der Waals surface area contributed by atoms with Gasteiger partial charge in [0.05, 0.1) is 22.7 Å². The summed E-state index contributed by atoms with van der Waals surface area (Å²) in [5, 5.41) is 20.7. The molecule has 0 saturated carbocycles. The molecule has 1 aliphatic rings. The van der Waals surface area contributed by atoms with Crippen LogP contribution in [0.25, 0.3) is 0 Å². The highest BCUT2D eigenvalue weighted by molar-refractivity contribution is 6.42. The zero-order valence-electron chi connectivity index (χ0n) is 18.1. The fraction of sp³-hybridized carbons (Fsp3) is 0.261. The SMILES string of the molecule is COc1ccc(NC(=O)C2=C(C)Nc3nc(CCCO)nn3[C@@H]2c2ccc(Cl)c(Cl)c2)cc1. The number of fused-ring (bicyclic) bond motifs is 1. The van der Waals surface area contributed by atoms with Gasteiger partial charge in [-0.2, -0.15) is 10.1 Å². The number of anilines is 2. The summed E-state index contributed by atoms with van der Waals surface area (Å²) in [6.07, 6.45) is 1.05. The highest BCUT2D eigenvalue weighted by Gasteiger charge is 2.34. The van der Waals surface area contributed by atoms with E-state index < -0.39 is 6.04 Å². The molecule has 2 aromatic carbocycles. The second kappa shape index (κ2) is 9.82. The van der Waals surface area contributed by atoms with Crippen molar-refractivity contribution >= 4 is 40.7 Å². The molecule has 4 rings (SSSR count). The zero-order chi connectivity index (χ0) is 23.5. The summed E-state index contributed by atoms with van der Waals surface area (Å²) >= 11 is 12.4. The predicted octanol–water partition coefficient (Wildman–Crippen LogP) is 4.45. The van der Waals surface area contributed by atoms with Crippen LogP contribution >= 0.6 is 23.2 Å². The zero-order valence-corrected chi connectivity index (χ0v) is 19.6. The summed E-state index contributed by atoms with van der Waals surface area (Å²) in [6.45, 7) is 1.86. The van der Waals surface area contributed by atoms with Crippen LogP contribution in [-0.2, 0) is 11.2 Å². The van der Waals surface area contributed by atoms with E-state index in [0.717, 1.165) is 5.56 Å². The standard InChI is InChI=1S/C23H23Cl2N5O3/c1-13-20(22(32)27-15-6-8-16(33-2)9-7-15)21(14-5-10-17(24)18(25)12-14)30-23(26-13)28-19(29-30)4-3-11-31/h5-10,12,21,31H,3-4,11H2,1-2H3,(H,27,32)(H,26,28,29)/t21-/m1/s1. The van der Waals surface area contributed by atoms with Gasteiger partial charge in [0.15, 0.2) is 5.82 Å². The van der Waals surface area contributed by atoms with Crippen molar-refractivity contribution in [2.75, 3.05) is 24.4 Å². The van der Waals surface area contributed by atoms with Crippen LogP contribution < -0.4 is 15.4 Å². The van der Waals surface area contributed by atoms with Gasteiger partial charge in [-0.05, 0) is 55.3 Å². The number of methoxy groups -OCH3 is 1. The van der Waals surface area contributed by atoms with Crippen LogP contribution in [-0.4, -0.2) is 39.5 Å². The minimum atomic E-state index is -0.579. The van der Waals surface area contributed by atoms with Crippen LogP contribution in [0.5, 0.6) is 5.75 Å². The van der Waals surface area contributed by atoms with Gasteiger partial charge in [0.2, 0.25) is 5.95 Å². The fourth-order valence-electron chi connectivity index (χ4n) is 3.70. The lowest BCUT2D eigenvalue weighted by Gasteiger charge is -2.29. The van der Waals surface area contributed by atoms with E-state index in [4.69, 9.17) is 27.9 Å². The molecule has 3 N–H and O–H groups in total. The second-order valence-corrected chi connectivity index (χ2v) is 8.36. The van der Waals surface area contributed by atoms with Crippen molar-refractivity contribution < 1.29 is 14.6 Å². The Morgan fingerprint density at radius 1 is 1.21 bits per heavy atom. The highest BCUT2D eigenvalue weighted by Crippen LogP contribution is 2.37. The fourth-order valence-corrected chi connectivity index (χ4v) is 4.00. The van der Waals surface area contributed by atoms with Gasteiger partial charge in [0.1, 0.15) is 11.8 Å². The number of halogens is 2. The number of carbonyl (C=O) groups excluding carboxylic acids is 1.